The fourth-order valence-corrected chi connectivity index (χ4v) is 5.83. The zero-order chi connectivity index (χ0) is 15.9. The standard InChI is InChI=1S/C15H18O7/c1-12(2,18)6-7-10(16)20-8(6)9-13(3)14(7,19)4-5-15(13,22-5)11(17)21-9/h5-9,18-19H,4H2,1-3H3/t5-,6-,7-,8+,9-,13-,14-,15-/m1/s1. The summed E-state index contributed by atoms with van der Waals surface area (Å²) in [5.41, 5.74) is -4.89. The highest BCUT2D eigenvalue weighted by atomic mass is 16.7. The molecule has 1 spiro atoms. The molecule has 0 radical (unpaired) electrons. The minimum atomic E-state index is -1.47. The number of epoxide rings is 1. The lowest BCUT2D eigenvalue weighted by Gasteiger charge is -2.53. The second-order valence-electron chi connectivity index (χ2n) is 8.06. The number of rotatable bonds is 1. The summed E-state index contributed by atoms with van der Waals surface area (Å²) in [6.07, 6.45) is -1.78. The molecule has 5 aliphatic rings. The summed E-state index contributed by atoms with van der Waals surface area (Å²) in [6.45, 7) is 4.92. The number of carbonyl (C=O) groups excluding carboxylic acids is 2. The average Bonchev–Trinajstić information content (AvgIpc) is 2.85. The van der Waals surface area contributed by atoms with Crippen LogP contribution >= 0.6 is 0 Å². The quantitative estimate of drug-likeness (QED) is 0.479. The SMILES string of the molecule is CC(C)(O)[C@H]1[C@@H]2OC(=O)[C@@H]1[C@]1(O)C[C@H]3O[C@@]34C(=O)O[C@H]2[C@]14C. The predicted octanol–water partition coefficient (Wildman–Crippen LogP) is -0.867. The third kappa shape index (κ3) is 0.962. The zero-order valence-electron chi connectivity index (χ0n) is 12.5. The molecule has 0 aromatic heterocycles. The van der Waals surface area contributed by atoms with E-state index in [1.54, 1.807) is 20.8 Å². The van der Waals surface area contributed by atoms with E-state index in [4.69, 9.17) is 14.2 Å². The summed E-state index contributed by atoms with van der Waals surface area (Å²) in [5, 5.41) is 21.9. The molecule has 8 atom stereocenters. The highest BCUT2D eigenvalue weighted by molar-refractivity contribution is 5.91. The molecule has 2 aliphatic carbocycles. The molecule has 7 heteroatoms. The van der Waals surface area contributed by atoms with Crippen LogP contribution in [0.5, 0.6) is 0 Å². The van der Waals surface area contributed by atoms with Crippen LogP contribution in [0.2, 0.25) is 0 Å². The third-order valence-electron chi connectivity index (χ3n) is 6.85. The zero-order valence-corrected chi connectivity index (χ0v) is 12.5. The highest BCUT2D eigenvalue weighted by Crippen LogP contribution is 2.77. The first-order chi connectivity index (χ1) is 10.1. The summed E-state index contributed by atoms with van der Waals surface area (Å²) in [5.74, 6) is -2.51. The van der Waals surface area contributed by atoms with Crippen LogP contribution in [-0.2, 0) is 23.8 Å². The molecular weight excluding hydrogens is 292 g/mol. The maximum absolute atomic E-state index is 12.4. The summed E-state index contributed by atoms with van der Waals surface area (Å²) >= 11 is 0. The van der Waals surface area contributed by atoms with Gasteiger partial charge < -0.3 is 24.4 Å². The lowest BCUT2D eigenvalue weighted by molar-refractivity contribution is -0.223. The van der Waals surface area contributed by atoms with E-state index in [9.17, 15) is 19.8 Å². The Balaban J connectivity index is 1.76. The maximum atomic E-state index is 12.4. The van der Waals surface area contributed by atoms with E-state index in [1.165, 1.54) is 0 Å². The van der Waals surface area contributed by atoms with E-state index >= 15 is 0 Å². The van der Waals surface area contributed by atoms with Crippen molar-refractivity contribution in [2.45, 2.75) is 62.3 Å². The molecule has 3 heterocycles. The smallest absolute Gasteiger partial charge is 0.342 e. The largest absolute Gasteiger partial charge is 0.458 e. The Morgan fingerprint density at radius 2 is 1.95 bits per heavy atom. The number of ether oxygens (including phenoxy) is 3. The van der Waals surface area contributed by atoms with Crippen molar-refractivity contribution >= 4 is 11.9 Å². The molecule has 3 aliphatic heterocycles. The fourth-order valence-electron chi connectivity index (χ4n) is 5.83. The molecule has 0 amide bonds. The fraction of sp³-hybridized carbons (Fsp3) is 0.867. The first kappa shape index (κ1) is 13.3. The Bertz CT molecular complexity index is 638. The van der Waals surface area contributed by atoms with E-state index in [0.717, 1.165) is 0 Å². The van der Waals surface area contributed by atoms with Gasteiger partial charge in [-0.25, -0.2) is 4.79 Å². The van der Waals surface area contributed by atoms with Gasteiger partial charge in [0.1, 0.15) is 12.2 Å². The molecule has 2 bridgehead atoms. The Hall–Kier alpha value is -1.18. The Morgan fingerprint density at radius 3 is 2.59 bits per heavy atom. The minimum Gasteiger partial charge on any atom is -0.458 e. The molecule has 0 aromatic rings. The molecular formula is C15H18O7. The molecule has 7 nitrogen and oxygen atoms in total. The van der Waals surface area contributed by atoms with Crippen LogP contribution < -0.4 is 0 Å². The van der Waals surface area contributed by atoms with Gasteiger partial charge in [-0.15, -0.1) is 0 Å². The van der Waals surface area contributed by atoms with Gasteiger partial charge in [-0.2, -0.15) is 0 Å². The predicted molar refractivity (Wildman–Crippen MR) is 68.3 cm³/mol. The molecule has 22 heavy (non-hydrogen) atoms. The molecule has 2 saturated carbocycles. The van der Waals surface area contributed by atoms with Gasteiger partial charge in [-0.1, -0.05) is 0 Å². The maximum Gasteiger partial charge on any atom is 0.342 e. The van der Waals surface area contributed by atoms with Gasteiger partial charge in [0.2, 0.25) is 5.60 Å². The van der Waals surface area contributed by atoms with Gasteiger partial charge in [0.05, 0.1) is 22.5 Å². The summed E-state index contributed by atoms with van der Waals surface area (Å²) < 4.78 is 16.5. The second kappa shape index (κ2) is 3.07. The molecule has 0 aromatic carbocycles. The van der Waals surface area contributed by atoms with Gasteiger partial charge >= 0.3 is 11.9 Å². The van der Waals surface area contributed by atoms with Crippen molar-refractivity contribution in [3.8, 4) is 0 Å². The Morgan fingerprint density at radius 1 is 1.27 bits per heavy atom. The van der Waals surface area contributed by atoms with Crippen molar-refractivity contribution in [3.05, 3.63) is 0 Å². The second-order valence-corrected chi connectivity index (χ2v) is 8.06. The Labute approximate surface area is 126 Å². The molecule has 5 fully saturated rings. The number of fused-ring (bicyclic) bond motifs is 4. The van der Waals surface area contributed by atoms with Gasteiger partial charge in [0, 0.05) is 12.3 Å². The van der Waals surface area contributed by atoms with Crippen LogP contribution in [0, 0.1) is 17.3 Å². The van der Waals surface area contributed by atoms with Crippen molar-refractivity contribution in [1.82, 2.24) is 0 Å². The van der Waals surface area contributed by atoms with E-state index in [0.29, 0.717) is 0 Å². The van der Waals surface area contributed by atoms with Crippen LogP contribution in [0.15, 0.2) is 0 Å². The summed E-state index contributed by atoms with van der Waals surface area (Å²) in [6, 6.07) is 0. The van der Waals surface area contributed by atoms with Crippen LogP contribution in [0.25, 0.3) is 0 Å². The molecule has 3 saturated heterocycles. The van der Waals surface area contributed by atoms with Gasteiger partial charge in [0.15, 0.2) is 6.10 Å². The lowest BCUT2D eigenvalue weighted by atomic mass is 9.52. The number of hydrogen-bond acceptors (Lipinski definition) is 7. The molecule has 120 valence electrons. The normalized spacial score (nSPS) is 60.7. The number of carbonyl (C=O) groups is 2. The van der Waals surface area contributed by atoms with Crippen molar-refractivity contribution < 1.29 is 34.0 Å². The van der Waals surface area contributed by atoms with Crippen LogP contribution in [-0.4, -0.2) is 57.3 Å². The third-order valence-corrected chi connectivity index (χ3v) is 6.85. The van der Waals surface area contributed by atoms with E-state index in [1.807, 2.05) is 0 Å². The van der Waals surface area contributed by atoms with Gasteiger partial charge in [-0.3, -0.25) is 4.79 Å². The van der Waals surface area contributed by atoms with Gasteiger partial charge in [0.25, 0.3) is 0 Å². The Kier molecular flexibility index (Phi) is 1.85. The van der Waals surface area contributed by atoms with Crippen LogP contribution in [0.3, 0.4) is 0 Å². The van der Waals surface area contributed by atoms with E-state index < -0.39 is 64.3 Å². The van der Waals surface area contributed by atoms with Gasteiger partial charge in [-0.05, 0) is 20.8 Å². The molecule has 5 rings (SSSR count). The first-order valence-corrected chi connectivity index (χ1v) is 7.63. The lowest BCUT2D eigenvalue weighted by Crippen LogP contribution is -2.68. The van der Waals surface area contributed by atoms with Crippen molar-refractivity contribution in [2.24, 2.45) is 17.3 Å². The molecule has 0 unspecified atom stereocenters. The number of hydrogen-bond donors (Lipinski definition) is 2. The average molecular weight is 310 g/mol. The molecule has 2 N–H and O–H groups in total. The van der Waals surface area contributed by atoms with Crippen LogP contribution in [0.4, 0.5) is 0 Å². The monoisotopic (exact) mass is 310 g/mol. The topological polar surface area (TPSA) is 106 Å². The number of esters is 2. The van der Waals surface area contributed by atoms with Crippen molar-refractivity contribution in [2.75, 3.05) is 0 Å². The van der Waals surface area contributed by atoms with Crippen molar-refractivity contribution in [3.63, 3.8) is 0 Å². The minimum absolute atomic E-state index is 0.189. The van der Waals surface area contributed by atoms with Crippen molar-refractivity contribution in [1.29, 1.82) is 0 Å². The summed E-state index contributed by atoms with van der Waals surface area (Å²) in [4.78, 5) is 24.8. The highest BCUT2D eigenvalue weighted by Gasteiger charge is 2.95. The number of aliphatic hydroxyl groups is 2. The van der Waals surface area contributed by atoms with E-state index in [2.05, 4.69) is 0 Å². The van der Waals surface area contributed by atoms with E-state index in [-0.39, 0.29) is 6.42 Å². The van der Waals surface area contributed by atoms with Crippen LogP contribution in [0.1, 0.15) is 27.2 Å². The first-order valence-electron chi connectivity index (χ1n) is 7.63. The summed E-state index contributed by atoms with van der Waals surface area (Å²) in [7, 11) is 0.